The van der Waals surface area contributed by atoms with Crippen molar-refractivity contribution in [2.45, 2.75) is 25.3 Å². The lowest BCUT2D eigenvalue weighted by atomic mass is 9.95. The molecule has 0 aromatic heterocycles. The van der Waals surface area contributed by atoms with Gasteiger partial charge in [-0.3, -0.25) is 4.79 Å². The number of carbonyl (C=O) groups excluding carboxylic acids is 1. The average molecular weight is 315 g/mol. The first-order valence-corrected chi connectivity index (χ1v) is 6.73. The molecule has 0 radical (unpaired) electrons. The molecule has 1 unspecified atom stereocenters. The minimum Gasteiger partial charge on any atom is -0.345 e. The van der Waals surface area contributed by atoms with E-state index in [0.29, 0.717) is 16.9 Å². The summed E-state index contributed by atoms with van der Waals surface area (Å²) in [6.07, 6.45) is 2.13. The van der Waals surface area contributed by atoms with E-state index in [2.05, 4.69) is 21.2 Å². The fourth-order valence-corrected chi connectivity index (χ4v) is 2.37. The normalized spacial score (nSPS) is 18.2. The van der Waals surface area contributed by atoms with E-state index in [1.54, 1.807) is 6.07 Å². The lowest BCUT2D eigenvalue weighted by Gasteiger charge is -2.29. The van der Waals surface area contributed by atoms with Crippen LogP contribution >= 0.6 is 15.9 Å². The Morgan fingerprint density at radius 1 is 1.61 bits per heavy atom. The van der Waals surface area contributed by atoms with Crippen LogP contribution in [0.3, 0.4) is 0 Å². The predicted octanol–water partition coefficient (Wildman–Crippen LogP) is 2.45. The van der Waals surface area contributed by atoms with Crippen molar-refractivity contribution in [3.8, 4) is 0 Å². The highest BCUT2D eigenvalue weighted by molar-refractivity contribution is 9.10. The Bertz CT molecular complexity index is 476. The van der Waals surface area contributed by atoms with Crippen LogP contribution in [0.15, 0.2) is 22.7 Å². The van der Waals surface area contributed by atoms with Gasteiger partial charge in [-0.25, -0.2) is 4.39 Å². The third-order valence-corrected chi connectivity index (χ3v) is 3.97. The van der Waals surface area contributed by atoms with E-state index in [1.807, 2.05) is 6.92 Å². The second-order valence-corrected chi connectivity index (χ2v) is 5.89. The second kappa shape index (κ2) is 4.97. The zero-order chi connectivity index (χ0) is 13.3. The summed E-state index contributed by atoms with van der Waals surface area (Å²) in [4.78, 5) is 12.1. The molecule has 2 rings (SSSR count). The highest BCUT2D eigenvalue weighted by Gasteiger charge is 2.41. The summed E-state index contributed by atoms with van der Waals surface area (Å²) in [5, 5.41) is 2.86. The minimum absolute atomic E-state index is 0.0542. The number of carbonyl (C=O) groups is 1. The number of amides is 1. The Kier molecular flexibility index (Phi) is 3.73. The number of halogens is 2. The van der Waals surface area contributed by atoms with Gasteiger partial charge in [0.2, 0.25) is 0 Å². The zero-order valence-electron chi connectivity index (χ0n) is 10.2. The number of nitrogens with one attached hydrogen (secondary N) is 1. The Balaban J connectivity index is 2.16. The first-order valence-electron chi connectivity index (χ1n) is 5.94. The summed E-state index contributed by atoms with van der Waals surface area (Å²) >= 11 is 3.16. The molecular formula is C13H16BrFN2O. The smallest absolute Gasteiger partial charge is 0.254 e. The van der Waals surface area contributed by atoms with Crippen LogP contribution in [0.2, 0.25) is 0 Å². The van der Waals surface area contributed by atoms with E-state index in [-0.39, 0.29) is 5.56 Å². The van der Waals surface area contributed by atoms with Crippen LogP contribution in [0.25, 0.3) is 0 Å². The SMILES string of the molecule is CC(CN)(NC(=O)c1ccc(Br)cc1F)C1CC1. The number of rotatable bonds is 4. The molecule has 1 amide bonds. The van der Waals surface area contributed by atoms with Crippen molar-refractivity contribution in [1.29, 1.82) is 0 Å². The molecule has 1 aromatic carbocycles. The van der Waals surface area contributed by atoms with Gasteiger partial charge in [-0.15, -0.1) is 0 Å². The molecule has 0 aliphatic heterocycles. The monoisotopic (exact) mass is 314 g/mol. The molecule has 1 saturated carbocycles. The van der Waals surface area contributed by atoms with Crippen LogP contribution in [0.4, 0.5) is 4.39 Å². The van der Waals surface area contributed by atoms with E-state index < -0.39 is 17.3 Å². The molecule has 0 bridgehead atoms. The molecule has 18 heavy (non-hydrogen) atoms. The lowest BCUT2D eigenvalue weighted by Crippen LogP contribution is -2.53. The molecule has 3 N–H and O–H groups in total. The van der Waals surface area contributed by atoms with Gasteiger partial charge in [0, 0.05) is 11.0 Å². The van der Waals surface area contributed by atoms with Gasteiger partial charge in [0.05, 0.1) is 11.1 Å². The van der Waals surface area contributed by atoms with Crippen molar-refractivity contribution in [2.24, 2.45) is 11.7 Å². The Morgan fingerprint density at radius 2 is 2.28 bits per heavy atom. The average Bonchev–Trinajstić information content (AvgIpc) is 3.12. The number of hydrogen-bond donors (Lipinski definition) is 2. The van der Waals surface area contributed by atoms with Crippen LogP contribution in [-0.4, -0.2) is 18.0 Å². The minimum atomic E-state index is -0.531. The second-order valence-electron chi connectivity index (χ2n) is 4.97. The van der Waals surface area contributed by atoms with E-state index in [0.717, 1.165) is 12.8 Å². The summed E-state index contributed by atoms with van der Waals surface area (Å²) in [5.74, 6) is -0.526. The molecular weight excluding hydrogens is 299 g/mol. The maximum absolute atomic E-state index is 13.7. The van der Waals surface area contributed by atoms with Crippen LogP contribution < -0.4 is 11.1 Å². The summed E-state index contributed by atoms with van der Waals surface area (Å²) < 4.78 is 14.3. The maximum Gasteiger partial charge on any atom is 0.254 e. The van der Waals surface area contributed by atoms with E-state index in [9.17, 15) is 9.18 Å². The summed E-state index contributed by atoms with van der Waals surface area (Å²) in [5.41, 5.74) is 5.34. The highest BCUT2D eigenvalue weighted by Crippen LogP contribution is 2.39. The number of hydrogen-bond acceptors (Lipinski definition) is 2. The van der Waals surface area contributed by atoms with Gasteiger partial charge < -0.3 is 11.1 Å². The van der Waals surface area contributed by atoms with Crippen LogP contribution in [-0.2, 0) is 0 Å². The maximum atomic E-state index is 13.7. The summed E-state index contributed by atoms with van der Waals surface area (Å²) in [6, 6.07) is 4.40. The highest BCUT2D eigenvalue weighted by atomic mass is 79.9. The molecule has 1 atom stereocenters. The van der Waals surface area contributed by atoms with Crippen molar-refractivity contribution >= 4 is 21.8 Å². The number of benzene rings is 1. The zero-order valence-corrected chi connectivity index (χ0v) is 11.8. The standard InChI is InChI=1S/C13H16BrFN2O/c1-13(7-16,8-2-3-8)17-12(18)10-5-4-9(14)6-11(10)15/h4-6,8H,2-3,7,16H2,1H3,(H,17,18). The van der Waals surface area contributed by atoms with E-state index >= 15 is 0 Å². The topological polar surface area (TPSA) is 55.1 Å². The van der Waals surface area contributed by atoms with Crippen molar-refractivity contribution in [1.82, 2.24) is 5.32 Å². The van der Waals surface area contributed by atoms with Gasteiger partial charge >= 0.3 is 0 Å². The van der Waals surface area contributed by atoms with Crippen LogP contribution in [0.5, 0.6) is 0 Å². The van der Waals surface area contributed by atoms with Gasteiger partial charge in [0.25, 0.3) is 5.91 Å². The van der Waals surface area contributed by atoms with Gasteiger partial charge in [-0.05, 0) is 43.9 Å². The molecule has 0 spiro atoms. The fraction of sp³-hybridized carbons (Fsp3) is 0.462. The van der Waals surface area contributed by atoms with Crippen molar-refractivity contribution < 1.29 is 9.18 Å². The molecule has 1 fully saturated rings. The van der Waals surface area contributed by atoms with Gasteiger partial charge in [0.1, 0.15) is 5.82 Å². The van der Waals surface area contributed by atoms with Crippen LogP contribution in [0.1, 0.15) is 30.1 Å². The molecule has 1 aliphatic rings. The molecule has 5 heteroatoms. The number of nitrogens with two attached hydrogens (primary N) is 1. The molecule has 1 aliphatic carbocycles. The van der Waals surface area contributed by atoms with Gasteiger partial charge in [-0.2, -0.15) is 0 Å². The summed E-state index contributed by atoms with van der Waals surface area (Å²) in [6.45, 7) is 2.28. The third kappa shape index (κ3) is 2.72. The Labute approximate surface area is 114 Å². The summed E-state index contributed by atoms with van der Waals surface area (Å²) in [7, 11) is 0. The third-order valence-electron chi connectivity index (χ3n) is 3.48. The van der Waals surface area contributed by atoms with Crippen molar-refractivity contribution in [3.05, 3.63) is 34.1 Å². The van der Waals surface area contributed by atoms with Gasteiger partial charge in [0.15, 0.2) is 0 Å². The molecule has 3 nitrogen and oxygen atoms in total. The predicted molar refractivity (Wildman–Crippen MR) is 71.7 cm³/mol. The first kappa shape index (κ1) is 13.5. The fourth-order valence-electron chi connectivity index (χ4n) is 2.04. The van der Waals surface area contributed by atoms with Gasteiger partial charge in [-0.1, -0.05) is 15.9 Å². The largest absolute Gasteiger partial charge is 0.345 e. The quantitative estimate of drug-likeness (QED) is 0.897. The van der Waals surface area contributed by atoms with E-state index in [1.165, 1.54) is 12.1 Å². The van der Waals surface area contributed by atoms with E-state index in [4.69, 9.17) is 5.73 Å². The van der Waals surface area contributed by atoms with Crippen molar-refractivity contribution in [3.63, 3.8) is 0 Å². The Hall–Kier alpha value is -0.940. The molecule has 98 valence electrons. The Morgan fingerprint density at radius 3 is 2.78 bits per heavy atom. The lowest BCUT2D eigenvalue weighted by molar-refractivity contribution is 0.0893. The van der Waals surface area contributed by atoms with Crippen molar-refractivity contribution in [2.75, 3.05) is 6.54 Å². The first-order chi connectivity index (χ1) is 8.46. The molecule has 0 heterocycles. The molecule has 0 saturated heterocycles. The molecule has 1 aromatic rings. The van der Waals surface area contributed by atoms with Crippen LogP contribution in [0, 0.1) is 11.7 Å².